The molecule has 0 bridgehead atoms. The van der Waals surface area contributed by atoms with Crippen LogP contribution in [0.5, 0.6) is 11.5 Å². The first-order valence-corrected chi connectivity index (χ1v) is 6.39. The van der Waals surface area contributed by atoms with E-state index in [0.717, 1.165) is 0 Å². The minimum atomic E-state index is -3.42. The molecule has 0 aliphatic carbocycles. The summed E-state index contributed by atoms with van der Waals surface area (Å²) in [5.74, 6) is 0.476. The number of aromatic hydroxyl groups is 1. The van der Waals surface area contributed by atoms with E-state index < -0.39 is 9.84 Å². The van der Waals surface area contributed by atoms with Gasteiger partial charge in [0.25, 0.3) is 0 Å². The second-order valence-electron chi connectivity index (χ2n) is 3.53. The van der Waals surface area contributed by atoms with Crippen molar-refractivity contribution in [3.8, 4) is 11.5 Å². The van der Waals surface area contributed by atoms with Gasteiger partial charge in [0.1, 0.15) is 28.1 Å². The molecule has 0 saturated heterocycles. The molecule has 0 aromatic heterocycles. The summed E-state index contributed by atoms with van der Waals surface area (Å²) in [7, 11) is -3.42. The van der Waals surface area contributed by atoms with Gasteiger partial charge in [0.2, 0.25) is 9.84 Å². The molecule has 2 rings (SSSR count). The fraction of sp³-hybridized carbons (Fsp3) is 0.182. The van der Waals surface area contributed by atoms with E-state index in [2.05, 4.69) is 4.99 Å². The van der Waals surface area contributed by atoms with Crippen molar-refractivity contribution in [2.45, 2.75) is 6.92 Å². The smallest absolute Gasteiger partial charge is 0.220 e. The molecule has 0 saturated carbocycles. The molecule has 1 heterocycles. The third-order valence-corrected chi connectivity index (χ3v) is 4.12. The van der Waals surface area contributed by atoms with E-state index in [-0.39, 0.29) is 22.3 Å². The van der Waals surface area contributed by atoms with Crippen LogP contribution < -0.4 is 4.74 Å². The minimum absolute atomic E-state index is 0.0678. The molecule has 1 aliphatic heterocycles. The Morgan fingerprint density at radius 2 is 2.18 bits per heavy atom. The fourth-order valence-electron chi connectivity index (χ4n) is 1.33. The maximum atomic E-state index is 11.7. The number of hydrogen-bond donors (Lipinski definition) is 1. The molecule has 0 spiro atoms. The monoisotopic (exact) mass is 253 g/mol. The maximum absolute atomic E-state index is 11.7. The first-order valence-electron chi connectivity index (χ1n) is 4.90. The van der Waals surface area contributed by atoms with Gasteiger partial charge in [0.15, 0.2) is 0 Å². The summed E-state index contributed by atoms with van der Waals surface area (Å²) in [6.45, 7) is 1.35. The zero-order chi connectivity index (χ0) is 12.5. The van der Waals surface area contributed by atoms with Crippen LogP contribution in [0.2, 0.25) is 0 Å². The lowest BCUT2D eigenvalue weighted by molar-refractivity contribution is 0.355. The normalized spacial score (nSPS) is 17.5. The molecule has 0 unspecified atom stereocenters. The molecule has 90 valence electrons. The average molecular weight is 253 g/mol. The Kier molecular flexibility index (Phi) is 2.89. The number of benzene rings is 1. The summed E-state index contributed by atoms with van der Waals surface area (Å²) < 4.78 is 28.6. The van der Waals surface area contributed by atoms with Crippen LogP contribution in [0.25, 0.3) is 0 Å². The Hall–Kier alpha value is -1.82. The Morgan fingerprint density at radius 3 is 2.76 bits per heavy atom. The number of sulfone groups is 1. The topological polar surface area (TPSA) is 76.0 Å². The molecule has 0 amide bonds. The second kappa shape index (κ2) is 4.21. The van der Waals surface area contributed by atoms with Crippen LogP contribution in [-0.2, 0) is 9.84 Å². The third kappa shape index (κ3) is 2.31. The highest BCUT2D eigenvalue weighted by Crippen LogP contribution is 2.21. The highest BCUT2D eigenvalue weighted by atomic mass is 32.2. The summed E-state index contributed by atoms with van der Waals surface area (Å²) in [5.41, 5.74) is 0. The summed E-state index contributed by atoms with van der Waals surface area (Å²) in [6.07, 6.45) is 1.29. The second-order valence-corrected chi connectivity index (χ2v) is 5.66. The van der Waals surface area contributed by atoms with Gasteiger partial charge in [-0.25, -0.2) is 13.4 Å². The molecule has 0 radical (unpaired) electrons. The van der Waals surface area contributed by atoms with Gasteiger partial charge >= 0.3 is 0 Å². The first-order chi connectivity index (χ1) is 8.00. The minimum Gasteiger partial charge on any atom is -0.508 e. The van der Waals surface area contributed by atoms with Crippen molar-refractivity contribution in [2.75, 3.05) is 6.61 Å². The van der Waals surface area contributed by atoms with Crippen molar-refractivity contribution in [3.05, 3.63) is 35.4 Å². The highest BCUT2D eigenvalue weighted by molar-refractivity contribution is 8.09. The van der Waals surface area contributed by atoms with Crippen molar-refractivity contribution < 1.29 is 18.3 Å². The van der Waals surface area contributed by atoms with Crippen LogP contribution in [0, 0.1) is 0 Å². The molecule has 1 aromatic carbocycles. The van der Waals surface area contributed by atoms with Crippen LogP contribution in [0.15, 0.2) is 40.4 Å². The van der Waals surface area contributed by atoms with E-state index in [9.17, 15) is 13.5 Å². The highest BCUT2D eigenvalue weighted by Gasteiger charge is 2.26. The molecule has 17 heavy (non-hydrogen) atoms. The number of rotatable bonds is 3. The lowest BCUT2D eigenvalue weighted by Gasteiger charge is -2.06. The molecular formula is C11H11NO4S. The number of phenolic OH excluding ortho intramolecular Hbond substituents is 1. The molecule has 1 aromatic rings. The summed E-state index contributed by atoms with van der Waals surface area (Å²) in [4.78, 5) is 3.86. The molecule has 6 heteroatoms. The van der Waals surface area contributed by atoms with E-state index in [4.69, 9.17) is 4.74 Å². The summed E-state index contributed by atoms with van der Waals surface area (Å²) in [5, 5.41) is 9.29. The Balaban J connectivity index is 2.07. The van der Waals surface area contributed by atoms with E-state index in [1.807, 2.05) is 0 Å². The van der Waals surface area contributed by atoms with Gasteiger partial charge < -0.3 is 9.84 Å². The van der Waals surface area contributed by atoms with Gasteiger partial charge in [-0.15, -0.1) is 0 Å². The molecule has 5 nitrogen and oxygen atoms in total. The predicted octanol–water partition coefficient (Wildman–Crippen LogP) is 1.46. The standard InChI is InChI=1S/C11H11NO4S/c1-8-12-6-11(17(8,14)15)7-16-10-4-2-3-9(13)5-10/h2-6,13H,7H2,1H3. The molecule has 0 fully saturated rings. The van der Waals surface area contributed by atoms with E-state index in [1.54, 1.807) is 12.1 Å². The number of nitrogens with zero attached hydrogens (tertiary/aromatic N) is 1. The zero-order valence-corrected chi connectivity index (χ0v) is 9.94. The average Bonchev–Trinajstić information content (AvgIpc) is 2.52. The van der Waals surface area contributed by atoms with E-state index in [1.165, 1.54) is 25.3 Å². The number of hydrogen-bond acceptors (Lipinski definition) is 5. The van der Waals surface area contributed by atoms with Crippen molar-refractivity contribution in [2.24, 2.45) is 4.99 Å². The molecule has 0 atom stereocenters. The largest absolute Gasteiger partial charge is 0.508 e. The number of aliphatic imine (C=N–C) groups is 1. The molecule has 1 N–H and O–H groups in total. The number of ether oxygens (including phenoxy) is 1. The number of phenols is 1. The summed E-state index contributed by atoms with van der Waals surface area (Å²) >= 11 is 0. The van der Waals surface area contributed by atoms with Crippen molar-refractivity contribution in [1.29, 1.82) is 0 Å². The van der Waals surface area contributed by atoms with Gasteiger partial charge in [-0.3, -0.25) is 0 Å². The van der Waals surface area contributed by atoms with Crippen LogP contribution in [-0.4, -0.2) is 25.2 Å². The van der Waals surface area contributed by atoms with E-state index >= 15 is 0 Å². The van der Waals surface area contributed by atoms with Crippen LogP contribution in [0.4, 0.5) is 0 Å². The lowest BCUT2D eigenvalue weighted by atomic mass is 10.3. The van der Waals surface area contributed by atoms with Gasteiger partial charge in [0.05, 0.1) is 0 Å². The van der Waals surface area contributed by atoms with Gasteiger partial charge in [0, 0.05) is 12.3 Å². The van der Waals surface area contributed by atoms with Gasteiger partial charge in [-0.1, -0.05) is 6.07 Å². The third-order valence-electron chi connectivity index (χ3n) is 2.32. The maximum Gasteiger partial charge on any atom is 0.220 e. The quantitative estimate of drug-likeness (QED) is 0.884. The van der Waals surface area contributed by atoms with Crippen LogP contribution >= 0.6 is 0 Å². The SMILES string of the molecule is CC1=NC=C(COc2cccc(O)c2)S1(=O)=O. The van der Waals surface area contributed by atoms with Crippen LogP contribution in [0.3, 0.4) is 0 Å². The van der Waals surface area contributed by atoms with Crippen LogP contribution in [0.1, 0.15) is 6.92 Å². The zero-order valence-electron chi connectivity index (χ0n) is 9.12. The Morgan fingerprint density at radius 1 is 1.41 bits per heavy atom. The Labute approximate surface area is 99.0 Å². The molecule has 1 aliphatic rings. The predicted molar refractivity (Wildman–Crippen MR) is 63.7 cm³/mol. The van der Waals surface area contributed by atoms with Crippen molar-refractivity contribution >= 4 is 14.9 Å². The first kappa shape index (κ1) is 11.7. The summed E-state index contributed by atoms with van der Waals surface area (Å²) in [6, 6.07) is 6.17. The van der Waals surface area contributed by atoms with Crippen molar-refractivity contribution in [3.63, 3.8) is 0 Å². The van der Waals surface area contributed by atoms with Gasteiger partial charge in [-0.05, 0) is 19.1 Å². The lowest BCUT2D eigenvalue weighted by Crippen LogP contribution is -2.14. The van der Waals surface area contributed by atoms with Crippen molar-refractivity contribution in [1.82, 2.24) is 0 Å². The van der Waals surface area contributed by atoms with Gasteiger partial charge in [-0.2, -0.15) is 0 Å². The Bertz CT molecular complexity index is 602. The molecular weight excluding hydrogens is 242 g/mol. The fourth-order valence-corrected chi connectivity index (χ4v) is 2.31. The van der Waals surface area contributed by atoms with E-state index in [0.29, 0.717) is 5.75 Å².